The van der Waals surface area contributed by atoms with E-state index < -0.39 is 5.91 Å². The number of nitriles is 1. The molecule has 45 heavy (non-hydrogen) atoms. The minimum absolute atomic E-state index is 0.00183. The van der Waals surface area contributed by atoms with Crippen molar-refractivity contribution in [3.05, 3.63) is 96.3 Å². The van der Waals surface area contributed by atoms with Gasteiger partial charge in [-0.15, -0.1) is 0 Å². The number of hydrogen-bond acceptors (Lipinski definition) is 8. The van der Waals surface area contributed by atoms with Crippen molar-refractivity contribution in [2.45, 2.75) is 0 Å². The molecule has 5 aromatic rings. The van der Waals surface area contributed by atoms with Crippen molar-refractivity contribution in [2.24, 2.45) is 7.05 Å². The number of ether oxygens (including phenoxy) is 1. The highest BCUT2D eigenvalue weighted by Crippen LogP contribution is 2.39. The monoisotopic (exact) mass is 598 g/mol. The van der Waals surface area contributed by atoms with Crippen LogP contribution in [0.4, 0.5) is 23.0 Å². The number of para-hydroxylation sites is 1. The molecular formula is C35H34N8O2. The molecule has 10 nitrogen and oxygen atoms in total. The zero-order valence-electron chi connectivity index (χ0n) is 25.5. The number of piperazine rings is 1. The molecule has 1 fully saturated rings. The molecule has 2 N–H and O–H groups in total. The van der Waals surface area contributed by atoms with Crippen LogP contribution in [0.5, 0.6) is 5.75 Å². The molecule has 226 valence electrons. The minimum Gasteiger partial charge on any atom is -0.494 e. The summed E-state index contributed by atoms with van der Waals surface area (Å²) in [6.45, 7) is 3.30. The molecule has 0 bridgehead atoms. The number of nitrogens with zero attached hydrogens (tertiary/aromatic N) is 6. The number of fused-ring (bicyclic) bond motifs is 1. The van der Waals surface area contributed by atoms with E-state index in [1.54, 1.807) is 19.4 Å². The predicted octanol–water partition coefficient (Wildman–Crippen LogP) is 5.68. The number of aromatic nitrogens is 3. The Morgan fingerprint density at radius 1 is 0.978 bits per heavy atom. The smallest absolute Gasteiger partial charge is 0.266 e. The fourth-order valence-electron chi connectivity index (χ4n) is 5.53. The van der Waals surface area contributed by atoms with Gasteiger partial charge in [-0.3, -0.25) is 4.79 Å². The average molecular weight is 599 g/mol. The molecule has 1 aliphatic heterocycles. The Bertz CT molecular complexity index is 1920. The Labute approximate surface area is 262 Å². The van der Waals surface area contributed by atoms with Crippen molar-refractivity contribution < 1.29 is 9.53 Å². The lowest BCUT2D eigenvalue weighted by atomic mass is 10.1. The van der Waals surface area contributed by atoms with E-state index in [4.69, 9.17) is 9.72 Å². The second-order valence-electron chi connectivity index (χ2n) is 11.0. The number of nitrogens with one attached hydrogen (secondary N) is 2. The van der Waals surface area contributed by atoms with Gasteiger partial charge in [0.25, 0.3) is 5.91 Å². The lowest BCUT2D eigenvalue weighted by Crippen LogP contribution is -2.44. The Kier molecular flexibility index (Phi) is 8.44. The van der Waals surface area contributed by atoms with Gasteiger partial charge in [0.15, 0.2) is 0 Å². The Morgan fingerprint density at radius 2 is 1.73 bits per heavy atom. The number of carbonyl (C=O) groups excluding carboxylic acids is 1. The standard InChI is InChI=1S/C35H34N8O2/c1-41-15-17-43(18-16-41)32-21-33(45-3)30(20-29(32)38-34(44)25(22-36)19-24-9-5-4-6-10-24)40-35-37-14-13-28(39-35)27-23-42(2)31-12-8-7-11-26(27)31/h4-14,19-21,23H,15-18H2,1-3H3,(H,38,44)(H,37,39,40)/b25-19+. The SMILES string of the molecule is COc1cc(N2CCN(C)CC2)c(NC(=O)/C(C#N)=C/c2ccccc2)cc1Nc1nccc(-c2cn(C)c3ccccc23)n1. The number of benzene rings is 3. The quantitative estimate of drug-likeness (QED) is 0.173. The van der Waals surface area contributed by atoms with Gasteiger partial charge in [-0.1, -0.05) is 48.5 Å². The van der Waals surface area contributed by atoms with Crippen LogP contribution in [-0.4, -0.2) is 65.7 Å². The molecule has 3 heterocycles. The third-order valence-electron chi connectivity index (χ3n) is 7.96. The maximum atomic E-state index is 13.5. The summed E-state index contributed by atoms with van der Waals surface area (Å²) in [5.74, 6) is 0.452. The van der Waals surface area contributed by atoms with Crippen LogP contribution in [-0.2, 0) is 11.8 Å². The summed E-state index contributed by atoms with van der Waals surface area (Å²) < 4.78 is 7.90. The fraction of sp³-hybridized carbons (Fsp3) is 0.200. The van der Waals surface area contributed by atoms with Gasteiger partial charge in [-0.2, -0.15) is 5.26 Å². The van der Waals surface area contributed by atoms with Gasteiger partial charge in [0.1, 0.15) is 17.4 Å². The number of methoxy groups -OCH3 is 1. The van der Waals surface area contributed by atoms with Crippen molar-refractivity contribution in [1.82, 2.24) is 19.4 Å². The summed E-state index contributed by atoms with van der Waals surface area (Å²) in [4.78, 5) is 27.3. The number of carbonyl (C=O) groups is 1. The Morgan fingerprint density at radius 3 is 2.49 bits per heavy atom. The summed E-state index contributed by atoms with van der Waals surface area (Å²) >= 11 is 0. The maximum Gasteiger partial charge on any atom is 0.266 e. The Balaban J connectivity index is 1.36. The van der Waals surface area contributed by atoms with Crippen molar-refractivity contribution in [1.29, 1.82) is 5.26 Å². The van der Waals surface area contributed by atoms with E-state index in [-0.39, 0.29) is 5.57 Å². The summed E-state index contributed by atoms with van der Waals surface area (Å²) in [5.41, 5.74) is 5.58. The topological polar surface area (TPSA) is 111 Å². The summed E-state index contributed by atoms with van der Waals surface area (Å²) in [6.07, 6.45) is 5.36. The highest BCUT2D eigenvalue weighted by atomic mass is 16.5. The van der Waals surface area contributed by atoms with Crippen LogP contribution < -0.4 is 20.3 Å². The van der Waals surface area contributed by atoms with Gasteiger partial charge < -0.3 is 29.7 Å². The van der Waals surface area contributed by atoms with Crippen LogP contribution in [0.25, 0.3) is 28.2 Å². The normalized spacial score (nSPS) is 13.8. The second-order valence-corrected chi connectivity index (χ2v) is 11.0. The molecule has 1 saturated heterocycles. The lowest BCUT2D eigenvalue weighted by molar-refractivity contribution is -0.112. The van der Waals surface area contributed by atoms with E-state index in [0.717, 1.165) is 59.6 Å². The first kappa shape index (κ1) is 29.4. The van der Waals surface area contributed by atoms with E-state index in [1.807, 2.05) is 67.7 Å². The Hall–Kier alpha value is -5.66. The number of amides is 1. The van der Waals surface area contributed by atoms with Gasteiger partial charge >= 0.3 is 0 Å². The summed E-state index contributed by atoms with van der Waals surface area (Å²) in [6, 6.07) is 25.2. The number of hydrogen-bond donors (Lipinski definition) is 2. The van der Waals surface area contributed by atoms with E-state index in [1.165, 1.54) is 0 Å². The van der Waals surface area contributed by atoms with Crippen molar-refractivity contribution in [2.75, 3.05) is 55.9 Å². The highest BCUT2D eigenvalue weighted by Gasteiger charge is 2.22. The molecule has 10 heteroatoms. The molecule has 0 unspecified atom stereocenters. The molecule has 1 amide bonds. The molecule has 2 aromatic heterocycles. The molecule has 0 radical (unpaired) electrons. The predicted molar refractivity (Wildman–Crippen MR) is 179 cm³/mol. The summed E-state index contributed by atoms with van der Waals surface area (Å²) in [5, 5.41) is 17.3. The minimum atomic E-state index is -0.498. The molecule has 0 spiro atoms. The van der Waals surface area contributed by atoms with Crippen molar-refractivity contribution in [3.63, 3.8) is 0 Å². The van der Waals surface area contributed by atoms with Crippen molar-refractivity contribution >= 4 is 45.9 Å². The molecule has 0 saturated carbocycles. The number of aryl methyl sites for hydroxylation is 1. The molecule has 1 aliphatic rings. The van der Waals surface area contributed by atoms with E-state index in [0.29, 0.717) is 23.1 Å². The van der Waals surface area contributed by atoms with Gasteiger partial charge in [0.2, 0.25) is 5.95 Å². The van der Waals surface area contributed by atoms with Crippen LogP contribution in [0.1, 0.15) is 5.56 Å². The van der Waals surface area contributed by atoms with Crippen LogP contribution in [0.15, 0.2) is 90.8 Å². The first-order valence-electron chi connectivity index (χ1n) is 14.7. The average Bonchev–Trinajstić information content (AvgIpc) is 3.41. The first-order chi connectivity index (χ1) is 21.9. The zero-order chi connectivity index (χ0) is 31.3. The first-order valence-corrected chi connectivity index (χ1v) is 14.7. The molecule has 0 aliphatic carbocycles. The third kappa shape index (κ3) is 6.34. The fourth-order valence-corrected chi connectivity index (χ4v) is 5.53. The van der Waals surface area contributed by atoms with Crippen LogP contribution in [0.3, 0.4) is 0 Å². The third-order valence-corrected chi connectivity index (χ3v) is 7.96. The zero-order valence-corrected chi connectivity index (χ0v) is 25.5. The van der Waals surface area contributed by atoms with Gasteiger partial charge in [0, 0.05) is 68.2 Å². The second kappa shape index (κ2) is 12.9. The molecule has 0 atom stereocenters. The number of rotatable bonds is 8. The van der Waals surface area contributed by atoms with E-state index in [9.17, 15) is 10.1 Å². The summed E-state index contributed by atoms with van der Waals surface area (Å²) in [7, 11) is 5.71. The van der Waals surface area contributed by atoms with E-state index in [2.05, 4.69) is 61.4 Å². The van der Waals surface area contributed by atoms with Crippen LogP contribution in [0, 0.1) is 11.3 Å². The van der Waals surface area contributed by atoms with Gasteiger partial charge in [-0.25, -0.2) is 9.97 Å². The van der Waals surface area contributed by atoms with Crippen LogP contribution >= 0.6 is 0 Å². The number of anilines is 4. The highest BCUT2D eigenvalue weighted by molar-refractivity contribution is 6.11. The van der Waals surface area contributed by atoms with Gasteiger partial charge in [0.05, 0.1) is 29.9 Å². The van der Waals surface area contributed by atoms with Gasteiger partial charge in [-0.05, 0) is 36.9 Å². The number of likely N-dealkylation sites (N-methyl/N-ethyl adjacent to an activating group) is 1. The molecular weight excluding hydrogens is 564 g/mol. The largest absolute Gasteiger partial charge is 0.494 e. The van der Waals surface area contributed by atoms with Crippen LogP contribution in [0.2, 0.25) is 0 Å². The molecule has 3 aromatic carbocycles. The maximum absolute atomic E-state index is 13.5. The lowest BCUT2D eigenvalue weighted by Gasteiger charge is -2.35. The molecule has 6 rings (SSSR count). The van der Waals surface area contributed by atoms with Crippen molar-refractivity contribution in [3.8, 4) is 23.1 Å². The van der Waals surface area contributed by atoms with E-state index >= 15 is 0 Å².